The van der Waals surface area contributed by atoms with Crippen molar-refractivity contribution in [3.8, 4) is 0 Å². The molecule has 1 rings (SSSR count). The number of hydrogen-bond donors (Lipinski definition) is 0. The number of hydrogen-bond acceptors (Lipinski definition) is 6. The average molecular weight is 301 g/mol. The van der Waals surface area contributed by atoms with Crippen molar-refractivity contribution in [2.45, 2.75) is 51.0 Å². The molecular formula is C13H21O6Si. The second-order valence-corrected chi connectivity index (χ2v) is 4.77. The maximum Gasteiger partial charge on any atom is 0.378 e. The van der Waals surface area contributed by atoms with Crippen molar-refractivity contribution >= 4 is 22.2 Å². The fourth-order valence-electron chi connectivity index (χ4n) is 2.41. The number of carbonyl (C=O) groups excluding carboxylic acids is 2. The Morgan fingerprint density at radius 1 is 1.00 bits per heavy atom. The molecule has 0 spiro atoms. The zero-order chi connectivity index (χ0) is 15.2. The lowest BCUT2D eigenvalue weighted by atomic mass is 9.89. The topological polar surface area (TPSA) is 71.1 Å². The number of esters is 2. The standard InChI is InChI=1S/C13H21O6Si/c1-4-16-12(8-7-9-20)10(14)19-11(15)13(12,17-5-2)18-6-3/h4-9H2,1-3H3. The van der Waals surface area contributed by atoms with E-state index < -0.39 is 23.3 Å². The van der Waals surface area contributed by atoms with E-state index in [1.165, 1.54) is 0 Å². The van der Waals surface area contributed by atoms with Gasteiger partial charge in [-0.1, -0.05) is 12.5 Å². The summed E-state index contributed by atoms with van der Waals surface area (Å²) in [4.78, 5) is 24.4. The fraction of sp³-hybridized carbons (Fsp3) is 0.846. The summed E-state index contributed by atoms with van der Waals surface area (Å²) in [6.45, 7) is 5.83. The van der Waals surface area contributed by atoms with Crippen LogP contribution in [0, 0.1) is 0 Å². The molecule has 0 aromatic carbocycles. The van der Waals surface area contributed by atoms with Gasteiger partial charge in [-0.3, -0.25) is 0 Å². The smallest absolute Gasteiger partial charge is 0.378 e. The zero-order valence-electron chi connectivity index (χ0n) is 12.2. The van der Waals surface area contributed by atoms with Crippen LogP contribution in [0.1, 0.15) is 33.6 Å². The van der Waals surface area contributed by atoms with E-state index in [4.69, 9.17) is 18.9 Å². The molecule has 0 N–H and O–H groups in total. The largest absolute Gasteiger partial charge is 0.387 e. The van der Waals surface area contributed by atoms with Crippen LogP contribution in [0.15, 0.2) is 0 Å². The van der Waals surface area contributed by atoms with Crippen LogP contribution in [0.2, 0.25) is 6.04 Å². The molecule has 1 unspecified atom stereocenters. The van der Waals surface area contributed by atoms with Crippen LogP contribution < -0.4 is 0 Å². The van der Waals surface area contributed by atoms with E-state index in [1.54, 1.807) is 20.8 Å². The quantitative estimate of drug-likeness (QED) is 0.274. The monoisotopic (exact) mass is 301 g/mol. The first-order valence-electron chi connectivity index (χ1n) is 6.87. The van der Waals surface area contributed by atoms with Crippen molar-refractivity contribution in [2.75, 3.05) is 19.8 Å². The number of carbonyl (C=O) groups is 2. The molecule has 0 aliphatic carbocycles. The Morgan fingerprint density at radius 3 is 2.00 bits per heavy atom. The van der Waals surface area contributed by atoms with Gasteiger partial charge >= 0.3 is 17.7 Å². The molecule has 0 amide bonds. The molecule has 0 aromatic rings. The van der Waals surface area contributed by atoms with Gasteiger partial charge < -0.3 is 18.9 Å². The van der Waals surface area contributed by atoms with Crippen molar-refractivity contribution in [1.82, 2.24) is 0 Å². The Hall–Kier alpha value is -0.763. The molecule has 3 radical (unpaired) electrons. The Labute approximate surface area is 122 Å². The van der Waals surface area contributed by atoms with E-state index in [0.29, 0.717) is 12.5 Å². The summed E-state index contributed by atoms with van der Waals surface area (Å²) >= 11 is 0. The molecular weight excluding hydrogens is 280 g/mol. The summed E-state index contributed by atoms with van der Waals surface area (Å²) in [5.41, 5.74) is -1.54. The summed E-state index contributed by atoms with van der Waals surface area (Å²) in [5, 5.41) is 0. The highest BCUT2D eigenvalue weighted by Crippen LogP contribution is 2.43. The Balaban J connectivity index is 3.28. The zero-order valence-corrected chi connectivity index (χ0v) is 13.2. The Kier molecular flexibility index (Phi) is 6.31. The summed E-state index contributed by atoms with van der Waals surface area (Å²) in [5.74, 6) is -3.40. The third-order valence-electron chi connectivity index (χ3n) is 3.11. The van der Waals surface area contributed by atoms with Gasteiger partial charge in [-0.05, 0) is 27.2 Å². The normalized spacial score (nSPS) is 25.0. The maximum atomic E-state index is 12.2. The number of rotatable bonds is 9. The average Bonchev–Trinajstić information content (AvgIpc) is 2.60. The first kappa shape index (κ1) is 17.3. The van der Waals surface area contributed by atoms with Crippen LogP contribution in [0.4, 0.5) is 0 Å². The third kappa shape index (κ3) is 2.67. The van der Waals surface area contributed by atoms with E-state index in [1.807, 2.05) is 0 Å². The molecule has 0 aromatic heterocycles. The number of ether oxygens (including phenoxy) is 4. The van der Waals surface area contributed by atoms with Crippen LogP contribution >= 0.6 is 0 Å². The van der Waals surface area contributed by atoms with Gasteiger partial charge in [0, 0.05) is 30.1 Å². The summed E-state index contributed by atoms with van der Waals surface area (Å²) < 4.78 is 21.4. The predicted molar refractivity (Wildman–Crippen MR) is 71.2 cm³/mol. The summed E-state index contributed by atoms with van der Waals surface area (Å²) in [7, 11) is 3.36. The van der Waals surface area contributed by atoms with Crippen LogP contribution in [0.3, 0.4) is 0 Å². The highest BCUT2D eigenvalue weighted by Gasteiger charge is 2.72. The SMILES string of the molecule is CCOC1(CCC[Si])C(=O)OC(=O)C1(OCC)OCC. The fourth-order valence-corrected chi connectivity index (χ4v) is 2.59. The van der Waals surface area contributed by atoms with Crippen LogP contribution in [-0.2, 0) is 28.5 Å². The van der Waals surface area contributed by atoms with Crippen molar-refractivity contribution in [3.05, 3.63) is 0 Å². The van der Waals surface area contributed by atoms with Gasteiger partial charge in [-0.25, -0.2) is 9.59 Å². The van der Waals surface area contributed by atoms with E-state index in [-0.39, 0.29) is 26.2 Å². The molecule has 1 aliphatic heterocycles. The highest BCUT2D eigenvalue weighted by molar-refractivity contribution is 6.08. The first-order valence-corrected chi connectivity index (χ1v) is 7.58. The third-order valence-corrected chi connectivity index (χ3v) is 3.46. The summed E-state index contributed by atoms with van der Waals surface area (Å²) in [6, 6.07) is 0.657. The molecule has 1 saturated heterocycles. The van der Waals surface area contributed by atoms with Gasteiger partial charge in [0.2, 0.25) is 5.60 Å². The van der Waals surface area contributed by atoms with E-state index in [0.717, 1.165) is 0 Å². The van der Waals surface area contributed by atoms with Crippen molar-refractivity contribution in [1.29, 1.82) is 0 Å². The van der Waals surface area contributed by atoms with Crippen molar-refractivity contribution < 1.29 is 28.5 Å². The Bertz CT molecular complexity index is 353. The maximum absolute atomic E-state index is 12.2. The van der Waals surface area contributed by atoms with Gasteiger partial charge in [0.15, 0.2) is 0 Å². The van der Waals surface area contributed by atoms with Gasteiger partial charge in [-0.2, -0.15) is 0 Å². The van der Waals surface area contributed by atoms with E-state index >= 15 is 0 Å². The molecule has 7 heteroatoms. The minimum absolute atomic E-state index is 0.199. The Morgan fingerprint density at radius 2 is 1.55 bits per heavy atom. The van der Waals surface area contributed by atoms with Crippen LogP contribution in [0.5, 0.6) is 0 Å². The molecule has 0 saturated carbocycles. The lowest BCUT2D eigenvalue weighted by molar-refractivity contribution is -0.292. The molecule has 113 valence electrons. The second-order valence-electron chi connectivity index (χ2n) is 4.27. The lowest BCUT2D eigenvalue weighted by Gasteiger charge is -2.38. The minimum atomic E-state index is -1.81. The number of cyclic esters (lactones) is 2. The van der Waals surface area contributed by atoms with Crippen molar-refractivity contribution in [3.63, 3.8) is 0 Å². The van der Waals surface area contributed by atoms with E-state index in [2.05, 4.69) is 10.2 Å². The van der Waals surface area contributed by atoms with E-state index in [9.17, 15) is 9.59 Å². The predicted octanol–water partition coefficient (Wildman–Crippen LogP) is 0.981. The molecule has 1 fully saturated rings. The summed E-state index contributed by atoms with van der Waals surface area (Å²) in [6.07, 6.45) is 0.885. The minimum Gasteiger partial charge on any atom is -0.387 e. The molecule has 1 aliphatic rings. The van der Waals surface area contributed by atoms with Gasteiger partial charge in [0.25, 0.3) is 0 Å². The molecule has 20 heavy (non-hydrogen) atoms. The van der Waals surface area contributed by atoms with Crippen LogP contribution in [0.25, 0.3) is 0 Å². The van der Waals surface area contributed by atoms with Gasteiger partial charge in [0.05, 0.1) is 0 Å². The highest BCUT2D eigenvalue weighted by atomic mass is 28.1. The molecule has 6 nitrogen and oxygen atoms in total. The molecule has 1 heterocycles. The second kappa shape index (κ2) is 7.30. The molecule has 1 atom stereocenters. The molecule has 0 bridgehead atoms. The van der Waals surface area contributed by atoms with Gasteiger partial charge in [0.1, 0.15) is 0 Å². The lowest BCUT2D eigenvalue weighted by Crippen LogP contribution is -2.61. The van der Waals surface area contributed by atoms with Gasteiger partial charge in [-0.15, -0.1) is 0 Å². The van der Waals surface area contributed by atoms with Crippen LogP contribution in [-0.4, -0.2) is 53.4 Å². The first-order chi connectivity index (χ1) is 9.54. The van der Waals surface area contributed by atoms with Crippen molar-refractivity contribution in [2.24, 2.45) is 0 Å².